The van der Waals surface area contributed by atoms with Gasteiger partial charge in [0, 0.05) is 10.6 Å². The van der Waals surface area contributed by atoms with Gasteiger partial charge in [-0.3, -0.25) is 4.79 Å². The average Bonchev–Trinajstić information content (AvgIpc) is 3.13. The van der Waals surface area contributed by atoms with Gasteiger partial charge in [-0.2, -0.15) is 5.48 Å². The number of urea groups is 1. The van der Waals surface area contributed by atoms with Crippen LogP contribution in [0.2, 0.25) is 0 Å². The van der Waals surface area contributed by atoms with E-state index in [-0.39, 0.29) is 10.8 Å². The standard InChI is InChI=1S/C30H35N3O5S/c1-18-15-19(2)26(20(3)16-18)32-30(36)31-24-17-25(21-11-13-23(37-4)14-12-21)39-27(24)28(34)33-38-29(35)22-9-7-5-6-8-10-22/h11-17,22H,5-10H2,1-4H3,(H,33,34)(H2,31,32,36). The van der Waals surface area contributed by atoms with Gasteiger partial charge in [-0.05, 0) is 80.6 Å². The first-order valence-corrected chi connectivity index (χ1v) is 14.0. The number of amides is 3. The van der Waals surface area contributed by atoms with Crippen LogP contribution in [0.5, 0.6) is 5.75 Å². The third-order valence-electron chi connectivity index (χ3n) is 6.91. The lowest BCUT2D eigenvalue weighted by atomic mass is 10.0. The molecular weight excluding hydrogens is 514 g/mol. The number of carbonyl (C=O) groups excluding carboxylic acids is 3. The van der Waals surface area contributed by atoms with Crippen molar-refractivity contribution in [3.63, 3.8) is 0 Å². The Morgan fingerprint density at radius 1 is 0.872 bits per heavy atom. The Morgan fingerprint density at radius 2 is 1.51 bits per heavy atom. The molecule has 8 nitrogen and oxygen atoms in total. The summed E-state index contributed by atoms with van der Waals surface area (Å²) in [7, 11) is 1.59. The molecule has 0 unspecified atom stereocenters. The van der Waals surface area contributed by atoms with Crippen molar-refractivity contribution in [2.75, 3.05) is 17.7 Å². The highest BCUT2D eigenvalue weighted by Gasteiger charge is 2.25. The van der Waals surface area contributed by atoms with Crippen LogP contribution in [-0.4, -0.2) is 25.0 Å². The van der Waals surface area contributed by atoms with E-state index < -0.39 is 17.9 Å². The molecule has 2 aromatic carbocycles. The van der Waals surface area contributed by atoms with Crippen LogP contribution in [0.4, 0.5) is 16.2 Å². The minimum atomic E-state index is -0.597. The largest absolute Gasteiger partial charge is 0.497 e. The van der Waals surface area contributed by atoms with Crippen LogP contribution in [0.25, 0.3) is 10.4 Å². The minimum absolute atomic E-state index is 0.213. The van der Waals surface area contributed by atoms with E-state index in [1.807, 2.05) is 57.2 Å². The third kappa shape index (κ3) is 7.17. The highest BCUT2D eigenvalue weighted by atomic mass is 32.1. The Morgan fingerprint density at radius 3 is 2.13 bits per heavy atom. The van der Waals surface area contributed by atoms with Crippen molar-refractivity contribution in [1.82, 2.24) is 5.48 Å². The highest BCUT2D eigenvalue weighted by Crippen LogP contribution is 2.36. The Labute approximate surface area is 233 Å². The first-order chi connectivity index (χ1) is 18.7. The zero-order valence-electron chi connectivity index (χ0n) is 22.8. The fourth-order valence-corrected chi connectivity index (χ4v) is 5.94. The quantitative estimate of drug-likeness (QED) is 0.224. The zero-order chi connectivity index (χ0) is 27.9. The number of ether oxygens (including phenoxy) is 1. The van der Waals surface area contributed by atoms with Gasteiger partial charge in [0.25, 0.3) is 5.91 Å². The highest BCUT2D eigenvalue weighted by molar-refractivity contribution is 7.18. The Bertz CT molecular complexity index is 1320. The summed E-state index contributed by atoms with van der Waals surface area (Å²) < 4.78 is 5.25. The first-order valence-electron chi connectivity index (χ1n) is 13.2. The topological polar surface area (TPSA) is 106 Å². The minimum Gasteiger partial charge on any atom is -0.497 e. The number of thiophene rings is 1. The fraction of sp³-hybridized carbons (Fsp3) is 0.367. The van der Waals surface area contributed by atoms with E-state index in [1.54, 1.807) is 13.2 Å². The van der Waals surface area contributed by atoms with E-state index >= 15 is 0 Å². The van der Waals surface area contributed by atoms with Gasteiger partial charge >= 0.3 is 12.0 Å². The van der Waals surface area contributed by atoms with Gasteiger partial charge in [-0.15, -0.1) is 11.3 Å². The first kappa shape index (κ1) is 28.2. The van der Waals surface area contributed by atoms with Crippen molar-refractivity contribution < 1.29 is 24.0 Å². The number of hydroxylamine groups is 1. The predicted octanol–water partition coefficient (Wildman–Crippen LogP) is 7.15. The lowest BCUT2D eigenvalue weighted by Gasteiger charge is -2.14. The Hall–Kier alpha value is -3.85. The molecule has 0 radical (unpaired) electrons. The van der Waals surface area contributed by atoms with Gasteiger partial charge in [0.1, 0.15) is 10.6 Å². The van der Waals surface area contributed by atoms with E-state index in [9.17, 15) is 14.4 Å². The summed E-state index contributed by atoms with van der Waals surface area (Å²) in [6.45, 7) is 5.87. The van der Waals surface area contributed by atoms with Gasteiger partial charge in [0.05, 0.1) is 18.7 Å². The Balaban J connectivity index is 1.54. The van der Waals surface area contributed by atoms with Crippen molar-refractivity contribution in [3.8, 4) is 16.2 Å². The number of nitrogens with one attached hydrogen (secondary N) is 3. The van der Waals surface area contributed by atoms with Crippen LogP contribution in [0.15, 0.2) is 42.5 Å². The van der Waals surface area contributed by atoms with E-state index in [0.29, 0.717) is 17.1 Å². The monoisotopic (exact) mass is 549 g/mol. The molecule has 206 valence electrons. The van der Waals surface area contributed by atoms with Gasteiger partial charge in [0.2, 0.25) is 0 Å². The summed E-state index contributed by atoms with van der Waals surface area (Å²) >= 11 is 1.19. The molecule has 39 heavy (non-hydrogen) atoms. The number of benzene rings is 2. The molecule has 0 spiro atoms. The maximum absolute atomic E-state index is 13.2. The van der Waals surface area contributed by atoms with Crippen molar-refractivity contribution in [2.24, 2.45) is 5.92 Å². The van der Waals surface area contributed by atoms with Crippen LogP contribution in [0, 0.1) is 26.7 Å². The van der Waals surface area contributed by atoms with E-state index in [0.717, 1.165) is 65.7 Å². The molecule has 1 aliphatic carbocycles. The van der Waals surface area contributed by atoms with E-state index in [1.165, 1.54) is 11.3 Å². The zero-order valence-corrected chi connectivity index (χ0v) is 23.6. The molecule has 1 heterocycles. The predicted molar refractivity (Wildman–Crippen MR) is 154 cm³/mol. The molecule has 9 heteroatoms. The van der Waals surface area contributed by atoms with Crippen LogP contribution in [-0.2, 0) is 9.63 Å². The number of aryl methyl sites for hydroxylation is 3. The summed E-state index contributed by atoms with van der Waals surface area (Å²) in [5.41, 5.74) is 7.18. The van der Waals surface area contributed by atoms with Crippen LogP contribution < -0.4 is 20.9 Å². The maximum Gasteiger partial charge on any atom is 0.335 e. The number of methoxy groups -OCH3 is 1. The van der Waals surface area contributed by atoms with Crippen LogP contribution in [0.3, 0.4) is 0 Å². The molecule has 4 rings (SSSR count). The molecule has 1 saturated carbocycles. The molecule has 3 N–H and O–H groups in total. The summed E-state index contributed by atoms with van der Waals surface area (Å²) in [5.74, 6) is -0.523. The number of carbonyl (C=O) groups is 3. The van der Waals surface area contributed by atoms with Crippen LogP contribution >= 0.6 is 11.3 Å². The molecule has 1 aromatic heterocycles. The maximum atomic E-state index is 13.2. The van der Waals surface area contributed by atoms with Gasteiger partial charge < -0.3 is 20.2 Å². The lowest BCUT2D eigenvalue weighted by molar-refractivity contribution is -0.154. The molecule has 3 amide bonds. The molecule has 0 bridgehead atoms. The van der Waals surface area contributed by atoms with Gasteiger partial charge in [-0.1, -0.05) is 43.4 Å². The van der Waals surface area contributed by atoms with Crippen LogP contribution in [0.1, 0.15) is 64.9 Å². The van der Waals surface area contributed by atoms with Gasteiger partial charge in [-0.25, -0.2) is 9.59 Å². The average molecular weight is 550 g/mol. The van der Waals surface area contributed by atoms with Gasteiger partial charge in [0.15, 0.2) is 0 Å². The normalized spacial score (nSPS) is 13.7. The Kier molecular flexibility index (Phi) is 9.24. The van der Waals surface area contributed by atoms with Crippen molar-refractivity contribution in [1.29, 1.82) is 0 Å². The second-order valence-corrected chi connectivity index (χ2v) is 11.0. The summed E-state index contributed by atoms with van der Waals surface area (Å²) in [4.78, 5) is 45.0. The molecular formula is C30H35N3O5S. The van der Waals surface area contributed by atoms with Crippen molar-refractivity contribution >= 4 is 40.6 Å². The summed E-state index contributed by atoms with van der Waals surface area (Å²) in [6, 6.07) is 12.7. The molecule has 3 aromatic rings. The summed E-state index contributed by atoms with van der Waals surface area (Å²) in [5, 5.41) is 5.72. The lowest BCUT2D eigenvalue weighted by Crippen LogP contribution is -2.31. The second kappa shape index (κ2) is 12.8. The third-order valence-corrected chi connectivity index (χ3v) is 8.09. The SMILES string of the molecule is COc1ccc(-c2cc(NC(=O)Nc3c(C)cc(C)cc3C)c(C(=O)NOC(=O)C3CCCCCC3)s2)cc1. The number of hydrogen-bond acceptors (Lipinski definition) is 6. The molecule has 0 saturated heterocycles. The van der Waals surface area contributed by atoms with Crippen molar-refractivity contribution in [3.05, 3.63) is 64.0 Å². The number of rotatable bonds is 6. The fourth-order valence-electron chi connectivity index (χ4n) is 4.94. The molecule has 0 atom stereocenters. The number of anilines is 2. The smallest absolute Gasteiger partial charge is 0.335 e. The van der Waals surface area contributed by atoms with Crippen molar-refractivity contribution in [2.45, 2.75) is 59.3 Å². The molecule has 1 aliphatic rings. The summed E-state index contributed by atoms with van der Waals surface area (Å²) in [6.07, 6.45) is 5.70. The van der Waals surface area contributed by atoms with E-state index in [2.05, 4.69) is 16.1 Å². The number of hydrogen-bond donors (Lipinski definition) is 3. The van der Waals surface area contributed by atoms with E-state index in [4.69, 9.17) is 9.57 Å². The second-order valence-electron chi connectivity index (χ2n) is 9.98. The molecule has 0 aliphatic heterocycles. The molecule has 1 fully saturated rings.